The Kier molecular flexibility index (Phi) is 10.7. The molecule has 0 aliphatic carbocycles. The van der Waals surface area contributed by atoms with Gasteiger partial charge in [0.1, 0.15) is 11.8 Å². The number of carbonyl (C=O) groups is 3. The van der Waals surface area contributed by atoms with E-state index >= 15 is 0 Å². The summed E-state index contributed by atoms with van der Waals surface area (Å²) in [6, 6.07) is 13.3. The van der Waals surface area contributed by atoms with Crippen molar-refractivity contribution in [1.29, 1.82) is 0 Å². The summed E-state index contributed by atoms with van der Waals surface area (Å²) < 4.78 is 16.2. The number of para-hydroxylation sites is 1. The van der Waals surface area contributed by atoms with Gasteiger partial charge in [0.2, 0.25) is 17.7 Å². The highest BCUT2D eigenvalue weighted by Gasteiger charge is 2.37. The minimum absolute atomic E-state index is 0.130. The number of nitrogens with zero attached hydrogens (tertiary/aromatic N) is 2. The maximum Gasteiger partial charge on any atom is 0.248 e. The van der Waals surface area contributed by atoms with Crippen LogP contribution in [0, 0.1) is 6.92 Å². The fourth-order valence-electron chi connectivity index (χ4n) is 4.57. The zero-order chi connectivity index (χ0) is 31.0. The van der Waals surface area contributed by atoms with Crippen molar-refractivity contribution < 1.29 is 28.4 Å². The van der Waals surface area contributed by atoms with Crippen molar-refractivity contribution in [2.45, 2.75) is 78.3 Å². The molecule has 0 saturated heterocycles. The Labute approximate surface area is 247 Å². The Bertz CT molecular complexity index is 1380. The van der Waals surface area contributed by atoms with Crippen LogP contribution in [0.4, 0.5) is 11.5 Å². The van der Waals surface area contributed by atoms with Gasteiger partial charge in [-0.25, -0.2) is 0 Å². The molecule has 3 rings (SSSR count). The molecule has 2 aromatic carbocycles. The van der Waals surface area contributed by atoms with E-state index in [1.807, 2.05) is 45.0 Å². The molecule has 10 nitrogen and oxygen atoms in total. The number of amides is 3. The number of hydrogen-bond acceptors (Lipinski definition) is 7. The van der Waals surface area contributed by atoms with Gasteiger partial charge in [0.05, 0.1) is 14.2 Å². The summed E-state index contributed by atoms with van der Waals surface area (Å²) in [6.45, 7) is 11.6. The average molecular weight is 579 g/mol. The number of anilines is 2. The van der Waals surface area contributed by atoms with Crippen molar-refractivity contribution in [3.8, 4) is 11.5 Å². The number of nitrogens with one attached hydrogen (secondary N) is 2. The van der Waals surface area contributed by atoms with Gasteiger partial charge >= 0.3 is 0 Å². The number of hydrogen-bond donors (Lipinski definition) is 2. The van der Waals surface area contributed by atoms with E-state index in [1.165, 1.54) is 19.1 Å². The molecule has 2 N–H and O–H groups in total. The Morgan fingerprint density at radius 3 is 2.26 bits per heavy atom. The predicted molar refractivity (Wildman–Crippen MR) is 162 cm³/mol. The molecule has 3 aromatic rings. The summed E-state index contributed by atoms with van der Waals surface area (Å²) in [7, 11) is 3.00. The summed E-state index contributed by atoms with van der Waals surface area (Å²) >= 11 is 0. The van der Waals surface area contributed by atoms with Crippen molar-refractivity contribution in [1.82, 2.24) is 10.5 Å². The van der Waals surface area contributed by atoms with Crippen LogP contribution in [0.3, 0.4) is 0 Å². The third-order valence-electron chi connectivity index (χ3n) is 6.82. The molecule has 0 fully saturated rings. The van der Waals surface area contributed by atoms with Crippen molar-refractivity contribution >= 4 is 29.2 Å². The summed E-state index contributed by atoms with van der Waals surface area (Å²) in [6.07, 6.45) is 0.663. The molecule has 10 heteroatoms. The number of ether oxygens (including phenoxy) is 2. The van der Waals surface area contributed by atoms with E-state index in [4.69, 9.17) is 14.0 Å². The number of rotatable bonds is 12. The van der Waals surface area contributed by atoms with Crippen LogP contribution < -0.4 is 25.0 Å². The minimum atomic E-state index is -1.13. The molecule has 226 valence electrons. The van der Waals surface area contributed by atoms with Crippen molar-refractivity contribution in [2.75, 3.05) is 24.4 Å². The van der Waals surface area contributed by atoms with E-state index in [0.717, 1.165) is 12.0 Å². The van der Waals surface area contributed by atoms with Crippen molar-refractivity contribution in [3.05, 3.63) is 65.4 Å². The van der Waals surface area contributed by atoms with Crippen LogP contribution >= 0.6 is 0 Å². The van der Waals surface area contributed by atoms with Crippen LogP contribution in [0.1, 0.15) is 82.7 Å². The van der Waals surface area contributed by atoms with E-state index < -0.39 is 29.3 Å². The Hall–Kier alpha value is -4.34. The normalized spacial score (nSPS) is 12.7. The topological polar surface area (TPSA) is 123 Å². The lowest BCUT2D eigenvalue weighted by atomic mass is 9.96. The van der Waals surface area contributed by atoms with Crippen LogP contribution in [0.2, 0.25) is 0 Å². The molecular weight excluding hydrogens is 536 g/mol. The molecule has 2 atom stereocenters. The van der Waals surface area contributed by atoms with Gasteiger partial charge in [-0.05, 0) is 63.8 Å². The van der Waals surface area contributed by atoms with E-state index in [9.17, 15) is 14.4 Å². The van der Waals surface area contributed by atoms with E-state index in [1.54, 1.807) is 31.2 Å². The van der Waals surface area contributed by atoms with E-state index in [2.05, 4.69) is 29.6 Å². The molecule has 1 aromatic heterocycles. The fraction of sp³-hybridized carbons (Fsp3) is 0.438. The summed E-state index contributed by atoms with van der Waals surface area (Å²) in [5.74, 6) is 0.670. The molecule has 1 heterocycles. The van der Waals surface area contributed by atoms with Crippen LogP contribution in [-0.4, -0.2) is 42.6 Å². The molecule has 0 aliphatic heterocycles. The zero-order valence-corrected chi connectivity index (χ0v) is 25.7. The van der Waals surface area contributed by atoms with Crippen LogP contribution in [0.15, 0.2) is 53.1 Å². The maximum absolute atomic E-state index is 14.1. The third kappa shape index (κ3) is 8.11. The van der Waals surface area contributed by atoms with Gasteiger partial charge in [-0.1, -0.05) is 43.3 Å². The first-order chi connectivity index (χ1) is 19.9. The first-order valence-corrected chi connectivity index (χ1v) is 14.1. The monoisotopic (exact) mass is 578 g/mol. The van der Waals surface area contributed by atoms with Gasteiger partial charge < -0.3 is 24.6 Å². The van der Waals surface area contributed by atoms with Gasteiger partial charge in [0, 0.05) is 35.7 Å². The lowest BCUT2D eigenvalue weighted by Gasteiger charge is -2.34. The average Bonchev–Trinajstić information content (AvgIpc) is 3.36. The second-order valence-electron chi connectivity index (χ2n) is 11.3. The third-order valence-corrected chi connectivity index (χ3v) is 6.82. The highest BCUT2D eigenvalue weighted by atomic mass is 16.5. The molecule has 0 spiro atoms. The standard InChI is InChI=1S/C32H42N4O6/c1-9-20(2)22-13-15-23(16-14-22)36(28(38)18-17-27(37)33-26-19-21(3)42-35-26)29(31(39)34-32(4,5)6)24-11-10-12-25(40-7)30(24)41-8/h10-16,19-20,29H,9,17-18H2,1-8H3,(H,34,39)(H,33,35,37)/t20-,29-/m1/s1. The summed E-state index contributed by atoms with van der Waals surface area (Å²) in [5.41, 5.74) is 1.48. The predicted octanol–water partition coefficient (Wildman–Crippen LogP) is 5.92. The van der Waals surface area contributed by atoms with Crippen molar-refractivity contribution in [3.63, 3.8) is 0 Å². The Balaban J connectivity index is 2.09. The van der Waals surface area contributed by atoms with Gasteiger partial charge in [-0.3, -0.25) is 19.3 Å². The molecule has 0 aliphatic rings. The maximum atomic E-state index is 14.1. The van der Waals surface area contributed by atoms with Crippen LogP contribution in [-0.2, 0) is 14.4 Å². The van der Waals surface area contributed by atoms with Crippen LogP contribution in [0.25, 0.3) is 0 Å². The highest BCUT2D eigenvalue weighted by Crippen LogP contribution is 2.40. The lowest BCUT2D eigenvalue weighted by Crippen LogP contribution is -2.49. The number of carbonyl (C=O) groups excluding carboxylic acids is 3. The van der Waals surface area contributed by atoms with Gasteiger partial charge in [-0.2, -0.15) is 0 Å². The number of methoxy groups -OCH3 is 2. The second kappa shape index (κ2) is 14.0. The number of aryl methyl sites for hydroxylation is 1. The first kappa shape index (κ1) is 32.2. The SMILES string of the molecule is CC[C@@H](C)c1ccc(N(C(=O)CCC(=O)Nc2cc(C)on2)[C@@H](C(=O)NC(C)(C)C)c2cccc(OC)c2OC)cc1. The summed E-state index contributed by atoms with van der Waals surface area (Å²) in [4.78, 5) is 42.3. The molecule has 0 unspecified atom stereocenters. The second-order valence-corrected chi connectivity index (χ2v) is 11.3. The quantitative estimate of drug-likeness (QED) is 0.273. The zero-order valence-electron chi connectivity index (χ0n) is 25.7. The van der Waals surface area contributed by atoms with Gasteiger partial charge in [0.15, 0.2) is 17.3 Å². The number of benzene rings is 2. The molecule has 3 amide bonds. The van der Waals surface area contributed by atoms with Gasteiger partial charge in [0.25, 0.3) is 0 Å². The molecule has 0 saturated carbocycles. The first-order valence-electron chi connectivity index (χ1n) is 14.1. The fourth-order valence-corrected chi connectivity index (χ4v) is 4.57. The summed E-state index contributed by atoms with van der Waals surface area (Å²) in [5, 5.41) is 9.44. The lowest BCUT2D eigenvalue weighted by molar-refractivity contribution is -0.128. The van der Waals surface area contributed by atoms with E-state index in [0.29, 0.717) is 34.4 Å². The molecular formula is C32H42N4O6. The minimum Gasteiger partial charge on any atom is -0.493 e. The van der Waals surface area contributed by atoms with Crippen molar-refractivity contribution in [2.24, 2.45) is 0 Å². The molecule has 0 radical (unpaired) electrons. The number of aromatic nitrogens is 1. The molecule has 0 bridgehead atoms. The smallest absolute Gasteiger partial charge is 0.248 e. The van der Waals surface area contributed by atoms with Gasteiger partial charge in [-0.15, -0.1) is 0 Å². The van der Waals surface area contributed by atoms with Crippen LogP contribution in [0.5, 0.6) is 11.5 Å². The Morgan fingerprint density at radius 1 is 1.02 bits per heavy atom. The molecule has 42 heavy (non-hydrogen) atoms. The highest BCUT2D eigenvalue weighted by molar-refractivity contribution is 6.03. The Morgan fingerprint density at radius 2 is 1.71 bits per heavy atom. The van der Waals surface area contributed by atoms with E-state index in [-0.39, 0.29) is 18.7 Å². The largest absolute Gasteiger partial charge is 0.493 e.